The number of sulfonamides is 1. The average molecular weight is 433 g/mol. The minimum Gasteiger partial charge on any atom is -0.349 e. The molecule has 0 spiro atoms. The first kappa shape index (κ1) is 20.4. The molecule has 7 heteroatoms. The fourth-order valence-electron chi connectivity index (χ4n) is 3.94. The molecule has 2 aromatic carbocycles. The number of hydrogen-bond donors (Lipinski definition) is 1. The van der Waals surface area contributed by atoms with E-state index in [4.69, 9.17) is 11.6 Å². The molecule has 2 aliphatic rings. The molecular formula is C22H25ClN2O3S. The number of carbonyl (C=O) groups excluding carboxylic acids is 1. The Balaban J connectivity index is 1.38. The monoisotopic (exact) mass is 432 g/mol. The van der Waals surface area contributed by atoms with Crippen LogP contribution in [0.1, 0.15) is 37.3 Å². The Kier molecular flexibility index (Phi) is 5.95. The maximum Gasteiger partial charge on any atom is 0.243 e. The first-order valence-electron chi connectivity index (χ1n) is 10.1. The molecule has 1 N–H and O–H groups in total. The van der Waals surface area contributed by atoms with E-state index in [1.165, 1.54) is 4.31 Å². The zero-order valence-corrected chi connectivity index (χ0v) is 17.7. The van der Waals surface area contributed by atoms with Crippen molar-refractivity contribution in [1.82, 2.24) is 9.62 Å². The number of benzene rings is 2. The maximum atomic E-state index is 12.9. The molecule has 1 aliphatic heterocycles. The number of piperidine rings is 1. The van der Waals surface area contributed by atoms with E-state index in [0.29, 0.717) is 41.8 Å². The molecule has 1 unspecified atom stereocenters. The van der Waals surface area contributed by atoms with Crippen LogP contribution in [0.5, 0.6) is 0 Å². The lowest BCUT2D eigenvalue weighted by Crippen LogP contribution is -2.43. The lowest BCUT2D eigenvalue weighted by Gasteiger charge is -2.31. The highest BCUT2D eigenvalue weighted by Crippen LogP contribution is 2.41. The Hall–Kier alpha value is -1.89. The van der Waals surface area contributed by atoms with E-state index in [0.717, 1.165) is 18.4 Å². The predicted octanol–water partition coefficient (Wildman–Crippen LogP) is 4.01. The van der Waals surface area contributed by atoms with E-state index in [-0.39, 0.29) is 17.9 Å². The van der Waals surface area contributed by atoms with Gasteiger partial charge in [-0.25, -0.2) is 8.42 Å². The Morgan fingerprint density at radius 2 is 1.59 bits per heavy atom. The molecule has 1 heterocycles. The molecule has 1 atom stereocenters. The highest BCUT2D eigenvalue weighted by molar-refractivity contribution is 7.89. The SMILES string of the molecule is O=C(NC(c1ccc(Cl)cc1)C1CC1)C1CCN(S(=O)(=O)c2ccccc2)CC1. The van der Waals surface area contributed by atoms with Crippen molar-refractivity contribution in [2.24, 2.45) is 11.8 Å². The molecule has 2 fully saturated rings. The van der Waals surface area contributed by atoms with Gasteiger partial charge in [0, 0.05) is 24.0 Å². The molecule has 1 aliphatic carbocycles. The fourth-order valence-corrected chi connectivity index (χ4v) is 5.56. The molecular weight excluding hydrogens is 408 g/mol. The third-order valence-corrected chi connectivity index (χ3v) is 7.99. The van der Waals surface area contributed by atoms with Gasteiger partial charge in [0.05, 0.1) is 10.9 Å². The van der Waals surface area contributed by atoms with E-state index in [9.17, 15) is 13.2 Å². The molecule has 1 saturated carbocycles. The van der Waals surface area contributed by atoms with Crippen LogP contribution < -0.4 is 5.32 Å². The van der Waals surface area contributed by atoms with Crippen molar-refractivity contribution in [1.29, 1.82) is 0 Å². The Morgan fingerprint density at radius 1 is 0.966 bits per heavy atom. The summed E-state index contributed by atoms with van der Waals surface area (Å²) in [6.07, 6.45) is 3.30. The van der Waals surface area contributed by atoms with Gasteiger partial charge in [-0.15, -0.1) is 0 Å². The van der Waals surface area contributed by atoms with Crippen molar-refractivity contribution in [3.05, 3.63) is 65.2 Å². The summed E-state index contributed by atoms with van der Waals surface area (Å²) in [4.78, 5) is 13.2. The van der Waals surface area contributed by atoms with Crippen molar-refractivity contribution in [2.45, 2.75) is 36.6 Å². The summed E-state index contributed by atoms with van der Waals surface area (Å²) in [6, 6.07) is 16.1. The fraction of sp³-hybridized carbons (Fsp3) is 0.409. The van der Waals surface area contributed by atoms with Gasteiger partial charge in [-0.05, 0) is 61.4 Å². The third-order valence-electron chi connectivity index (χ3n) is 5.83. The number of nitrogens with zero attached hydrogens (tertiary/aromatic N) is 1. The summed E-state index contributed by atoms with van der Waals surface area (Å²) < 4.78 is 27.0. The maximum absolute atomic E-state index is 12.9. The minimum atomic E-state index is -3.50. The molecule has 4 rings (SSSR count). The summed E-state index contributed by atoms with van der Waals surface area (Å²) in [5.74, 6) is 0.332. The number of nitrogens with one attached hydrogen (secondary N) is 1. The first-order valence-corrected chi connectivity index (χ1v) is 11.9. The molecule has 154 valence electrons. The Bertz CT molecular complexity index is 951. The highest BCUT2D eigenvalue weighted by atomic mass is 35.5. The van der Waals surface area contributed by atoms with Gasteiger partial charge >= 0.3 is 0 Å². The molecule has 1 amide bonds. The summed E-state index contributed by atoms with van der Waals surface area (Å²) >= 11 is 5.99. The number of amides is 1. The second-order valence-corrected chi connectivity index (χ2v) is 10.2. The molecule has 2 aromatic rings. The van der Waals surface area contributed by atoms with Crippen molar-refractivity contribution in [2.75, 3.05) is 13.1 Å². The van der Waals surface area contributed by atoms with Crippen molar-refractivity contribution < 1.29 is 13.2 Å². The van der Waals surface area contributed by atoms with E-state index >= 15 is 0 Å². The molecule has 5 nitrogen and oxygen atoms in total. The van der Waals surface area contributed by atoms with Crippen LogP contribution in [0.3, 0.4) is 0 Å². The number of halogens is 1. The largest absolute Gasteiger partial charge is 0.349 e. The van der Waals surface area contributed by atoms with E-state index < -0.39 is 10.0 Å². The normalized spacial score (nSPS) is 19.6. The summed E-state index contributed by atoms with van der Waals surface area (Å²) in [7, 11) is -3.50. The van der Waals surface area contributed by atoms with Crippen LogP contribution in [0.2, 0.25) is 5.02 Å². The second kappa shape index (κ2) is 8.46. The van der Waals surface area contributed by atoms with Gasteiger partial charge in [0.25, 0.3) is 0 Å². The van der Waals surface area contributed by atoms with Crippen LogP contribution in [0.4, 0.5) is 0 Å². The Labute approximate surface area is 177 Å². The lowest BCUT2D eigenvalue weighted by molar-refractivity contribution is -0.127. The van der Waals surface area contributed by atoms with Crippen LogP contribution in [-0.4, -0.2) is 31.7 Å². The van der Waals surface area contributed by atoms with Crippen LogP contribution in [-0.2, 0) is 14.8 Å². The lowest BCUT2D eigenvalue weighted by atomic mass is 9.95. The summed E-state index contributed by atoms with van der Waals surface area (Å²) in [6.45, 7) is 0.731. The van der Waals surface area contributed by atoms with Gasteiger partial charge in [-0.3, -0.25) is 4.79 Å². The van der Waals surface area contributed by atoms with Crippen LogP contribution in [0.25, 0.3) is 0 Å². The van der Waals surface area contributed by atoms with Gasteiger partial charge in [0.1, 0.15) is 0 Å². The van der Waals surface area contributed by atoms with Crippen LogP contribution in [0.15, 0.2) is 59.5 Å². The first-order chi connectivity index (χ1) is 13.9. The quantitative estimate of drug-likeness (QED) is 0.749. The topological polar surface area (TPSA) is 66.5 Å². The molecule has 1 saturated heterocycles. The summed E-state index contributed by atoms with van der Waals surface area (Å²) in [5.41, 5.74) is 1.08. The standard InChI is InChI=1S/C22H25ClN2O3S/c23-19-10-8-17(9-11-19)21(16-6-7-16)24-22(26)18-12-14-25(15-13-18)29(27,28)20-4-2-1-3-5-20/h1-5,8-11,16,18,21H,6-7,12-15H2,(H,24,26). The smallest absolute Gasteiger partial charge is 0.243 e. The average Bonchev–Trinajstić information content (AvgIpc) is 3.58. The number of carbonyl (C=O) groups is 1. The van der Waals surface area contributed by atoms with Crippen LogP contribution in [0, 0.1) is 11.8 Å². The predicted molar refractivity (Wildman–Crippen MR) is 113 cm³/mol. The number of hydrogen-bond acceptors (Lipinski definition) is 3. The molecule has 0 bridgehead atoms. The van der Waals surface area contributed by atoms with Crippen molar-refractivity contribution >= 4 is 27.5 Å². The molecule has 0 radical (unpaired) electrons. The molecule has 0 aromatic heterocycles. The van der Waals surface area contributed by atoms with E-state index in [1.54, 1.807) is 30.3 Å². The summed E-state index contributed by atoms with van der Waals surface area (Å²) in [5, 5.41) is 3.90. The van der Waals surface area contributed by atoms with E-state index in [2.05, 4.69) is 5.32 Å². The zero-order valence-electron chi connectivity index (χ0n) is 16.1. The molecule has 29 heavy (non-hydrogen) atoms. The van der Waals surface area contributed by atoms with Gasteiger partial charge in [0.2, 0.25) is 15.9 Å². The van der Waals surface area contributed by atoms with Crippen molar-refractivity contribution in [3.8, 4) is 0 Å². The van der Waals surface area contributed by atoms with Gasteiger partial charge < -0.3 is 5.32 Å². The third kappa shape index (κ3) is 4.65. The second-order valence-electron chi connectivity index (χ2n) is 7.87. The van der Waals surface area contributed by atoms with Crippen LogP contribution >= 0.6 is 11.6 Å². The van der Waals surface area contributed by atoms with Gasteiger partial charge in [-0.1, -0.05) is 41.9 Å². The Morgan fingerprint density at radius 3 is 2.17 bits per heavy atom. The van der Waals surface area contributed by atoms with Crippen molar-refractivity contribution in [3.63, 3.8) is 0 Å². The number of rotatable bonds is 6. The van der Waals surface area contributed by atoms with Gasteiger partial charge in [0.15, 0.2) is 0 Å². The minimum absolute atomic E-state index is 0.00541. The van der Waals surface area contributed by atoms with Gasteiger partial charge in [-0.2, -0.15) is 4.31 Å². The van der Waals surface area contributed by atoms with E-state index in [1.807, 2.05) is 24.3 Å². The zero-order chi connectivity index (χ0) is 20.4. The highest BCUT2D eigenvalue weighted by Gasteiger charge is 2.36.